The van der Waals surface area contributed by atoms with Crippen LogP contribution in [0.15, 0.2) is 47.3 Å². The first-order chi connectivity index (χ1) is 11.5. The van der Waals surface area contributed by atoms with E-state index in [1.807, 2.05) is 0 Å². The highest BCUT2D eigenvalue weighted by Crippen LogP contribution is 2.16. The van der Waals surface area contributed by atoms with Crippen molar-refractivity contribution >= 4 is 23.2 Å². The number of hydrogen-bond acceptors (Lipinski definition) is 4. The van der Waals surface area contributed by atoms with Crippen molar-refractivity contribution in [3.8, 4) is 0 Å². The van der Waals surface area contributed by atoms with Gasteiger partial charge < -0.3 is 4.74 Å². The SMILES string of the molecule is Cc1cccc2nc(COC(=O)c3cc(Cl)ccc3F)cc(=O)n12. The molecule has 7 heteroatoms. The minimum absolute atomic E-state index is 0.223. The summed E-state index contributed by atoms with van der Waals surface area (Å²) < 4.78 is 20.1. The first kappa shape index (κ1) is 16.1. The second kappa shape index (κ2) is 6.41. The van der Waals surface area contributed by atoms with Gasteiger partial charge in [-0.15, -0.1) is 0 Å². The summed E-state index contributed by atoms with van der Waals surface area (Å²) in [5, 5.41) is 0.223. The molecule has 3 rings (SSSR count). The lowest BCUT2D eigenvalue weighted by Gasteiger charge is -2.08. The fourth-order valence-electron chi connectivity index (χ4n) is 2.31. The van der Waals surface area contributed by atoms with Crippen LogP contribution in [0.25, 0.3) is 5.65 Å². The number of pyridine rings is 1. The summed E-state index contributed by atoms with van der Waals surface area (Å²) in [5.41, 5.74) is 0.923. The van der Waals surface area contributed by atoms with Crippen LogP contribution < -0.4 is 5.56 Å². The molecular weight excluding hydrogens is 335 g/mol. The van der Waals surface area contributed by atoms with Gasteiger partial charge in [-0.05, 0) is 37.3 Å². The monoisotopic (exact) mass is 346 g/mol. The number of aryl methyl sites for hydroxylation is 1. The molecule has 0 radical (unpaired) electrons. The summed E-state index contributed by atoms with van der Waals surface area (Å²) in [6, 6.07) is 10.1. The summed E-state index contributed by atoms with van der Waals surface area (Å²) >= 11 is 5.75. The van der Waals surface area contributed by atoms with Crippen molar-refractivity contribution in [1.29, 1.82) is 0 Å². The second-order valence-electron chi connectivity index (χ2n) is 5.15. The number of hydrogen-bond donors (Lipinski definition) is 0. The molecule has 0 saturated carbocycles. The molecule has 3 aromatic rings. The van der Waals surface area contributed by atoms with Gasteiger partial charge in [0.25, 0.3) is 5.56 Å². The average molecular weight is 347 g/mol. The first-order valence-corrected chi connectivity index (χ1v) is 7.44. The number of carbonyl (C=O) groups is 1. The molecule has 0 N–H and O–H groups in total. The number of aromatic nitrogens is 2. The van der Waals surface area contributed by atoms with Crippen LogP contribution in [-0.2, 0) is 11.3 Å². The van der Waals surface area contributed by atoms with Gasteiger partial charge in [0.15, 0.2) is 0 Å². The predicted molar refractivity (Wildman–Crippen MR) is 86.7 cm³/mol. The molecule has 1 aromatic carbocycles. The molecule has 5 nitrogen and oxygen atoms in total. The zero-order valence-corrected chi connectivity index (χ0v) is 13.4. The van der Waals surface area contributed by atoms with E-state index in [-0.39, 0.29) is 28.4 Å². The van der Waals surface area contributed by atoms with Crippen molar-refractivity contribution in [2.24, 2.45) is 0 Å². The van der Waals surface area contributed by atoms with Crippen LogP contribution in [0.1, 0.15) is 21.7 Å². The highest BCUT2D eigenvalue weighted by molar-refractivity contribution is 6.30. The standard InChI is InChI=1S/C17H12ClFN2O3/c1-10-3-2-4-15-20-12(8-16(22)21(10)15)9-24-17(23)13-7-11(18)5-6-14(13)19/h2-8H,9H2,1H3. The molecule has 0 unspecified atom stereocenters. The van der Waals surface area contributed by atoms with Gasteiger partial charge in [0.2, 0.25) is 0 Å². The van der Waals surface area contributed by atoms with Gasteiger partial charge >= 0.3 is 5.97 Å². The van der Waals surface area contributed by atoms with Gasteiger partial charge in [-0.2, -0.15) is 0 Å². The fourth-order valence-corrected chi connectivity index (χ4v) is 2.48. The van der Waals surface area contributed by atoms with Crippen molar-refractivity contribution in [1.82, 2.24) is 9.38 Å². The molecule has 2 heterocycles. The fraction of sp³-hybridized carbons (Fsp3) is 0.118. The van der Waals surface area contributed by atoms with E-state index in [0.29, 0.717) is 5.65 Å². The third kappa shape index (κ3) is 3.14. The summed E-state index contributed by atoms with van der Waals surface area (Å²) in [6.07, 6.45) is 0. The van der Waals surface area contributed by atoms with Crippen LogP contribution in [0.5, 0.6) is 0 Å². The largest absolute Gasteiger partial charge is 0.455 e. The lowest BCUT2D eigenvalue weighted by molar-refractivity contribution is 0.0462. The van der Waals surface area contributed by atoms with Gasteiger partial charge in [0, 0.05) is 16.8 Å². The zero-order valence-electron chi connectivity index (χ0n) is 12.6. The predicted octanol–water partition coefficient (Wildman–Crippen LogP) is 3.15. The number of fused-ring (bicyclic) bond motifs is 1. The number of esters is 1. The highest BCUT2D eigenvalue weighted by Gasteiger charge is 2.15. The Bertz CT molecular complexity index is 1000. The Morgan fingerprint density at radius 1 is 1.29 bits per heavy atom. The van der Waals surface area contributed by atoms with E-state index < -0.39 is 11.8 Å². The van der Waals surface area contributed by atoms with Crippen molar-refractivity contribution in [3.05, 3.63) is 80.6 Å². The molecule has 0 atom stereocenters. The summed E-state index contributed by atoms with van der Waals surface area (Å²) in [7, 11) is 0. The summed E-state index contributed by atoms with van der Waals surface area (Å²) in [4.78, 5) is 28.4. The number of rotatable bonds is 3. The van der Waals surface area contributed by atoms with E-state index in [1.165, 1.54) is 22.6 Å². The Kier molecular flexibility index (Phi) is 4.31. The molecule has 0 bridgehead atoms. The molecule has 0 aliphatic carbocycles. The van der Waals surface area contributed by atoms with E-state index in [0.717, 1.165) is 11.8 Å². The van der Waals surface area contributed by atoms with E-state index in [9.17, 15) is 14.0 Å². The van der Waals surface area contributed by atoms with E-state index in [1.54, 1.807) is 25.1 Å². The molecule has 0 fully saturated rings. The number of halogens is 2. The van der Waals surface area contributed by atoms with Crippen LogP contribution in [0.3, 0.4) is 0 Å². The molecule has 122 valence electrons. The molecule has 2 aromatic heterocycles. The normalized spacial score (nSPS) is 10.8. The van der Waals surface area contributed by atoms with Gasteiger partial charge in [-0.1, -0.05) is 17.7 Å². The Morgan fingerprint density at radius 3 is 2.88 bits per heavy atom. The maximum Gasteiger partial charge on any atom is 0.341 e. The Balaban J connectivity index is 1.84. The molecular formula is C17H12ClFN2O3. The van der Waals surface area contributed by atoms with Crippen molar-refractivity contribution in [2.75, 3.05) is 0 Å². The van der Waals surface area contributed by atoms with Crippen LogP contribution in [0.4, 0.5) is 4.39 Å². The van der Waals surface area contributed by atoms with E-state index in [2.05, 4.69) is 4.98 Å². The third-order valence-electron chi connectivity index (χ3n) is 3.43. The van der Waals surface area contributed by atoms with Crippen LogP contribution in [0.2, 0.25) is 5.02 Å². The quantitative estimate of drug-likeness (QED) is 0.683. The maximum atomic E-state index is 13.6. The summed E-state index contributed by atoms with van der Waals surface area (Å²) in [6.45, 7) is 1.54. The minimum Gasteiger partial charge on any atom is -0.455 e. The second-order valence-corrected chi connectivity index (χ2v) is 5.58. The van der Waals surface area contributed by atoms with Crippen LogP contribution >= 0.6 is 11.6 Å². The molecule has 0 aliphatic heterocycles. The van der Waals surface area contributed by atoms with Crippen molar-refractivity contribution in [3.63, 3.8) is 0 Å². The Labute approximate surface area is 141 Å². The third-order valence-corrected chi connectivity index (χ3v) is 3.67. The molecule has 0 saturated heterocycles. The maximum absolute atomic E-state index is 13.6. The zero-order chi connectivity index (χ0) is 17.3. The number of ether oxygens (including phenoxy) is 1. The highest BCUT2D eigenvalue weighted by atomic mass is 35.5. The lowest BCUT2D eigenvalue weighted by Crippen LogP contribution is -2.18. The van der Waals surface area contributed by atoms with Gasteiger partial charge in [-0.3, -0.25) is 9.20 Å². The molecule has 0 aliphatic rings. The molecule has 0 spiro atoms. The molecule has 24 heavy (non-hydrogen) atoms. The van der Waals surface area contributed by atoms with Crippen LogP contribution in [0, 0.1) is 12.7 Å². The minimum atomic E-state index is -0.874. The summed E-state index contributed by atoms with van der Waals surface area (Å²) in [5.74, 6) is -1.60. The van der Waals surface area contributed by atoms with Gasteiger partial charge in [0.1, 0.15) is 18.1 Å². The smallest absolute Gasteiger partial charge is 0.341 e. The van der Waals surface area contributed by atoms with E-state index >= 15 is 0 Å². The topological polar surface area (TPSA) is 60.7 Å². The van der Waals surface area contributed by atoms with E-state index in [4.69, 9.17) is 16.3 Å². The lowest BCUT2D eigenvalue weighted by atomic mass is 10.2. The van der Waals surface area contributed by atoms with Gasteiger partial charge in [0.05, 0.1) is 11.3 Å². The number of nitrogens with zero attached hydrogens (tertiary/aromatic N) is 2. The Hall–Kier alpha value is -2.73. The Morgan fingerprint density at radius 2 is 2.08 bits per heavy atom. The molecule has 0 amide bonds. The average Bonchev–Trinajstić information content (AvgIpc) is 2.54. The number of benzene rings is 1. The number of carbonyl (C=O) groups excluding carboxylic acids is 1. The van der Waals surface area contributed by atoms with Crippen LogP contribution in [-0.4, -0.2) is 15.4 Å². The van der Waals surface area contributed by atoms with Gasteiger partial charge in [-0.25, -0.2) is 14.2 Å². The first-order valence-electron chi connectivity index (χ1n) is 7.06. The van der Waals surface area contributed by atoms with Crippen molar-refractivity contribution < 1.29 is 13.9 Å². The van der Waals surface area contributed by atoms with Crippen molar-refractivity contribution in [2.45, 2.75) is 13.5 Å².